The number of anilines is 4. The van der Waals surface area contributed by atoms with E-state index in [-0.39, 0.29) is 17.7 Å². The summed E-state index contributed by atoms with van der Waals surface area (Å²) in [4.78, 5) is 7.92. The zero-order valence-electron chi connectivity index (χ0n) is 15.2. The molecule has 0 aliphatic rings. The highest BCUT2D eigenvalue weighted by Gasteiger charge is 2.35. The number of rotatable bonds is 5. The molecule has 0 fully saturated rings. The maximum atomic E-state index is 13.5. The Morgan fingerprint density at radius 2 is 1.64 bits per heavy atom. The van der Waals surface area contributed by atoms with Gasteiger partial charge in [-0.15, -0.1) is 0 Å². The van der Waals surface area contributed by atoms with E-state index in [2.05, 4.69) is 36.5 Å². The van der Waals surface area contributed by atoms with E-state index in [1.54, 1.807) is 24.3 Å². The summed E-state index contributed by atoms with van der Waals surface area (Å²) >= 11 is 3.34. The van der Waals surface area contributed by atoms with Gasteiger partial charge < -0.3 is 10.6 Å². The van der Waals surface area contributed by atoms with E-state index in [9.17, 15) is 13.2 Å². The van der Waals surface area contributed by atoms with Gasteiger partial charge in [0.25, 0.3) is 0 Å². The number of alkyl halides is 3. The molecule has 0 amide bonds. The second-order valence-corrected chi connectivity index (χ2v) is 7.37. The molecule has 4 nitrogen and oxygen atoms in total. The van der Waals surface area contributed by atoms with Crippen LogP contribution in [0.1, 0.15) is 30.9 Å². The van der Waals surface area contributed by atoms with Gasteiger partial charge in [0.05, 0.1) is 0 Å². The zero-order valence-corrected chi connectivity index (χ0v) is 16.8. The van der Waals surface area contributed by atoms with E-state index in [0.717, 1.165) is 16.2 Å². The first kappa shape index (κ1) is 20.1. The second kappa shape index (κ2) is 8.18. The third-order valence-electron chi connectivity index (χ3n) is 4.03. The van der Waals surface area contributed by atoms with Gasteiger partial charge in [-0.3, -0.25) is 0 Å². The number of halogens is 4. The van der Waals surface area contributed by atoms with Gasteiger partial charge in [-0.2, -0.15) is 18.2 Å². The molecule has 2 aromatic carbocycles. The number of nitrogens with one attached hydrogen (secondary N) is 2. The molecule has 0 radical (unpaired) electrons. The van der Waals surface area contributed by atoms with Gasteiger partial charge in [-0.1, -0.05) is 48.0 Å². The van der Waals surface area contributed by atoms with Gasteiger partial charge in [-0.25, -0.2) is 4.98 Å². The standard InChI is InChI=1S/C20H18BrF3N4/c1-12(2)15-5-3-4-6-17(15)27-18-16(20(22,23)24)11-25-19(28-18)26-14-9-7-13(21)8-10-14/h3-12H,1-2H3,(H2,25,26,27,28). The Bertz CT molecular complexity index is 956. The molecule has 0 bridgehead atoms. The van der Waals surface area contributed by atoms with Crippen LogP contribution in [0.15, 0.2) is 59.2 Å². The van der Waals surface area contributed by atoms with Crippen LogP contribution in [0.2, 0.25) is 0 Å². The van der Waals surface area contributed by atoms with Crippen molar-refractivity contribution in [1.29, 1.82) is 0 Å². The van der Waals surface area contributed by atoms with Crippen LogP contribution < -0.4 is 10.6 Å². The van der Waals surface area contributed by atoms with Gasteiger partial charge in [0.1, 0.15) is 11.4 Å². The van der Waals surface area contributed by atoms with Crippen molar-refractivity contribution in [3.63, 3.8) is 0 Å². The second-order valence-electron chi connectivity index (χ2n) is 6.45. The van der Waals surface area contributed by atoms with E-state index >= 15 is 0 Å². The predicted molar refractivity (Wildman–Crippen MR) is 108 cm³/mol. The maximum Gasteiger partial charge on any atom is 0.421 e. The first-order valence-corrected chi connectivity index (χ1v) is 9.36. The lowest BCUT2D eigenvalue weighted by atomic mass is 10.0. The predicted octanol–water partition coefficient (Wildman–Crippen LogP) is 6.87. The van der Waals surface area contributed by atoms with Crippen LogP contribution in [0.5, 0.6) is 0 Å². The van der Waals surface area contributed by atoms with Crippen LogP contribution in [0, 0.1) is 0 Å². The van der Waals surface area contributed by atoms with Crippen molar-refractivity contribution in [3.05, 3.63) is 70.3 Å². The summed E-state index contributed by atoms with van der Waals surface area (Å²) in [6.45, 7) is 3.96. The molecule has 2 N–H and O–H groups in total. The van der Waals surface area contributed by atoms with Crippen LogP contribution >= 0.6 is 15.9 Å². The fourth-order valence-corrected chi connectivity index (χ4v) is 2.91. The average Bonchev–Trinajstić information content (AvgIpc) is 2.63. The minimum atomic E-state index is -4.58. The fourth-order valence-electron chi connectivity index (χ4n) is 2.65. The molecule has 28 heavy (non-hydrogen) atoms. The van der Waals surface area contributed by atoms with Gasteiger partial charge in [-0.05, 0) is 41.8 Å². The summed E-state index contributed by atoms with van der Waals surface area (Å²) in [6, 6.07) is 14.4. The van der Waals surface area contributed by atoms with Crippen molar-refractivity contribution < 1.29 is 13.2 Å². The molecule has 0 saturated heterocycles. The van der Waals surface area contributed by atoms with E-state index in [1.165, 1.54) is 0 Å². The summed E-state index contributed by atoms with van der Waals surface area (Å²) in [7, 11) is 0. The van der Waals surface area contributed by atoms with E-state index < -0.39 is 11.7 Å². The molecule has 0 aliphatic carbocycles. The monoisotopic (exact) mass is 450 g/mol. The van der Waals surface area contributed by atoms with E-state index in [0.29, 0.717) is 11.4 Å². The third-order valence-corrected chi connectivity index (χ3v) is 4.56. The summed E-state index contributed by atoms with van der Waals surface area (Å²) in [5.41, 5.74) is 1.22. The molecule has 0 spiro atoms. The smallest absolute Gasteiger partial charge is 0.339 e. The number of nitrogens with zero attached hydrogens (tertiary/aromatic N) is 2. The number of benzene rings is 2. The van der Waals surface area contributed by atoms with Crippen molar-refractivity contribution in [3.8, 4) is 0 Å². The number of aromatic nitrogens is 2. The third kappa shape index (κ3) is 4.81. The first-order chi connectivity index (χ1) is 13.2. The summed E-state index contributed by atoms with van der Waals surface area (Å²) < 4.78 is 41.3. The molecule has 3 rings (SSSR count). The maximum absolute atomic E-state index is 13.5. The van der Waals surface area contributed by atoms with Crippen LogP contribution in [0.25, 0.3) is 0 Å². The first-order valence-electron chi connectivity index (χ1n) is 8.57. The number of hydrogen-bond donors (Lipinski definition) is 2. The number of para-hydroxylation sites is 1. The van der Waals surface area contributed by atoms with Crippen molar-refractivity contribution in [2.45, 2.75) is 25.9 Å². The topological polar surface area (TPSA) is 49.8 Å². The van der Waals surface area contributed by atoms with E-state index in [1.807, 2.05) is 38.1 Å². The molecule has 1 aromatic heterocycles. The normalized spacial score (nSPS) is 11.5. The highest BCUT2D eigenvalue weighted by Crippen LogP contribution is 2.36. The minimum absolute atomic E-state index is 0.0693. The lowest BCUT2D eigenvalue weighted by Crippen LogP contribution is -2.13. The lowest BCUT2D eigenvalue weighted by molar-refractivity contribution is -0.137. The van der Waals surface area contributed by atoms with E-state index in [4.69, 9.17) is 0 Å². The molecule has 0 atom stereocenters. The molecule has 3 aromatic rings. The summed E-state index contributed by atoms with van der Waals surface area (Å²) in [5, 5.41) is 5.77. The van der Waals surface area contributed by atoms with Gasteiger partial charge in [0, 0.05) is 22.0 Å². The van der Waals surface area contributed by atoms with Crippen molar-refractivity contribution in [2.75, 3.05) is 10.6 Å². The summed E-state index contributed by atoms with van der Waals surface area (Å²) in [6.07, 6.45) is -3.79. The highest BCUT2D eigenvalue weighted by molar-refractivity contribution is 9.10. The van der Waals surface area contributed by atoms with Crippen LogP contribution in [0.3, 0.4) is 0 Å². The Balaban J connectivity index is 1.98. The van der Waals surface area contributed by atoms with Crippen LogP contribution in [-0.2, 0) is 6.18 Å². The SMILES string of the molecule is CC(C)c1ccccc1Nc1nc(Nc2ccc(Br)cc2)ncc1C(F)(F)F. The molecule has 8 heteroatoms. The Morgan fingerprint density at radius 3 is 2.29 bits per heavy atom. The molecule has 0 aliphatic heterocycles. The molecule has 0 saturated carbocycles. The quantitative estimate of drug-likeness (QED) is 0.445. The van der Waals surface area contributed by atoms with Gasteiger partial charge in [0.2, 0.25) is 5.95 Å². The Labute approximate surface area is 169 Å². The molecule has 146 valence electrons. The fraction of sp³-hybridized carbons (Fsp3) is 0.200. The van der Waals surface area contributed by atoms with Crippen molar-refractivity contribution >= 4 is 39.1 Å². The van der Waals surface area contributed by atoms with Crippen molar-refractivity contribution in [1.82, 2.24) is 9.97 Å². The highest BCUT2D eigenvalue weighted by atomic mass is 79.9. The van der Waals surface area contributed by atoms with Crippen LogP contribution in [-0.4, -0.2) is 9.97 Å². The zero-order chi connectivity index (χ0) is 20.3. The lowest BCUT2D eigenvalue weighted by Gasteiger charge is -2.18. The largest absolute Gasteiger partial charge is 0.421 e. The summed E-state index contributed by atoms with van der Waals surface area (Å²) in [5.74, 6) is -0.0877. The van der Waals surface area contributed by atoms with Crippen LogP contribution in [0.4, 0.5) is 36.3 Å². The van der Waals surface area contributed by atoms with Gasteiger partial charge >= 0.3 is 6.18 Å². The number of hydrogen-bond acceptors (Lipinski definition) is 4. The Hall–Kier alpha value is -2.61. The Morgan fingerprint density at radius 1 is 0.964 bits per heavy atom. The molecular formula is C20H18BrF3N4. The van der Waals surface area contributed by atoms with Gasteiger partial charge in [0.15, 0.2) is 0 Å². The molecule has 1 heterocycles. The Kier molecular flexibility index (Phi) is 5.88. The molecular weight excluding hydrogens is 433 g/mol. The molecule has 0 unspecified atom stereocenters. The van der Waals surface area contributed by atoms with Crippen molar-refractivity contribution in [2.24, 2.45) is 0 Å². The average molecular weight is 451 g/mol. The minimum Gasteiger partial charge on any atom is -0.339 e.